The second-order valence-electron chi connectivity index (χ2n) is 7.38. The number of nitrogens with zero attached hydrogens (tertiary/aromatic N) is 5. The molecule has 0 aliphatic carbocycles. The van der Waals surface area contributed by atoms with Crippen LogP contribution in [0.15, 0.2) is 47.8 Å². The van der Waals surface area contributed by atoms with Crippen molar-refractivity contribution >= 4 is 34.2 Å². The van der Waals surface area contributed by atoms with Crippen LogP contribution in [0.25, 0.3) is 22.3 Å². The highest BCUT2D eigenvalue weighted by Crippen LogP contribution is 2.29. The summed E-state index contributed by atoms with van der Waals surface area (Å²) in [6, 6.07) is 6.39. The Labute approximate surface area is 187 Å². The Hall–Kier alpha value is -3.85. The van der Waals surface area contributed by atoms with Crippen molar-refractivity contribution < 1.29 is 9.90 Å². The lowest BCUT2D eigenvalue weighted by molar-refractivity contribution is 0.0691. The van der Waals surface area contributed by atoms with Crippen LogP contribution in [0.3, 0.4) is 0 Å². The van der Waals surface area contributed by atoms with E-state index in [0.717, 1.165) is 11.1 Å². The predicted molar refractivity (Wildman–Crippen MR) is 121 cm³/mol. The second kappa shape index (κ2) is 8.35. The lowest BCUT2D eigenvalue weighted by Gasteiger charge is -2.20. The van der Waals surface area contributed by atoms with E-state index in [9.17, 15) is 14.7 Å². The van der Waals surface area contributed by atoms with Crippen LogP contribution in [0.5, 0.6) is 0 Å². The number of aromatic carboxylic acids is 1. The van der Waals surface area contributed by atoms with Gasteiger partial charge in [0.25, 0.3) is 5.56 Å². The molecule has 0 saturated heterocycles. The SMILES string of the molecule is Cc1cc([C@@H](C)Nc2ccc(Cl)nc2C(=O)O)c2nc(-c3cncnc3)n(C)c(=O)c2c1. The molecule has 3 aromatic heterocycles. The number of nitrogens with one attached hydrogen (secondary N) is 1. The number of carboxylic acid groups (broad SMARTS) is 1. The van der Waals surface area contributed by atoms with E-state index in [-0.39, 0.29) is 16.4 Å². The van der Waals surface area contributed by atoms with Crippen molar-refractivity contribution in [1.29, 1.82) is 0 Å². The largest absolute Gasteiger partial charge is 0.476 e. The molecule has 4 aromatic rings. The molecule has 9 nitrogen and oxygen atoms in total. The van der Waals surface area contributed by atoms with E-state index in [0.29, 0.717) is 28.0 Å². The summed E-state index contributed by atoms with van der Waals surface area (Å²) in [5.74, 6) is -0.769. The molecule has 0 saturated carbocycles. The van der Waals surface area contributed by atoms with Crippen LogP contribution in [-0.4, -0.2) is 35.6 Å². The standard InChI is InChI=1S/C22H19ClN6O3/c1-11-6-14(12(2)26-16-4-5-17(23)27-19(16)22(31)32)18-15(7-11)21(30)29(3)20(28-18)13-8-24-10-25-9-13/h4-10,12,26H,1-3H3,(H,31,32)/t12-/m1/s1. The van der Waals surface area contributed by atoms with Crippen molar-refractivity contribution in [2.75, 3.05) is 5.32 Å². The molecule has 0 fully saturated rings. The first-order valence-electron chi connectivity index (χ1n) is 9.69. The van der Waals surface area contributed by atoms with Crippen LogP contribution in [-0.2, 0) is 7.05 Å². The van der Waals surface area contributed by atoms with Gasteiger partial charge < -0.3 is 10.4 Å². The van der Waals surface area contributed by atoms with Gasteiger partial charge in [0.15, 0.2) is 5.69 Å². The number of aryl methyl sites for hydroxylation is 1. The molecule has 162 valence electrons. The van der Waals surface area contributed by atoms with Gasteiger partial charge in [-0.3, -0.25) is 9.36 Å². The molecule has 32 heavy (non-hydrogen) atoms. The number of hydrogen-bond acceptors (Lipinski definition) is 7. The Morgan fingerprint density at radius 3 is 2.59 bits per heavy atom. The number of benzene rings is 1. The number of carboxylic acids is 1. The maximum atomic E-state index is 13.1. The van der Waals surface area contributed by atoms with Crippen LogP contribution in [0, 0.1) is 6.92 Å². The Morgan fingerprint density at radius 1 is 1.19 bits per heavy atom. The number of carbonyl (C=O) groups is 1. The molecule has 3 heterocycles. The summed E-state index contributed by atoms with van der Waals surface area (Å²) in [5.41, 5.74) is 2.65. The maximum absolute atomic E-state index is 13.1. The minimum atomic E-state index is -1.20. The van der Waals surface area contributed by atoms with Crippen molar-refractivity contribution in [3.05, 3.63) is 75.3 Å². The van der Waals surface area contributed by atoms with Gasteiger partial charge in [-0.2, -0.15) is 0 Å². The van der Waals surface area contributed by atoms with Crippen molar-refractivity contribution in [2.45, 2.75) is 19.9 Å². The highest BCUT2D eigenvalue weighted by Gasteiger charge is 2.20. The Kier molecular flexibility index (Phi) is 5.58. The average Bonchev–Trinajstić information content (AvgIpc) is 2.77. The first-order valence-corrected chi connectivity index (χ1v) is 10.1. The minimum absolute atomic E-state index is 0.0847. The summed E-state index contributed by atoms with van der Waals surface area (Å²) in [6.07, 6.45) is 4.59. The van der Waals surface area contributed by atoms with Gasteiger partial charge in [-0.15, -0.1) is 0 Å². The summed E-state index contributed by atoms with van der Waals surface area (Å²) in [4.78, 5) is 41.5. The minimum Gasteiger partial charge on any atom is -0.476 e. The summed E-state index contributed by atoms with van der Waals surface area (Å²) in [6.45, 7) is 3.75. The van der Waals surface area contributed by atoms with Crippen molar-refractivity contribution in [1.82, 2.24) is 24.5 Å². The normalized spacial score (nSPS) is 12.0. The number of aromatic nitrogens is 5. The number of hydrogen-bond donors (Lipinski definition) is 2. The van der Waals surface area contributed by atoms with Crippen LogP contribution in [0.2, 0.25) is 5.15 Å². The van der Waals surface area contributed by atoms with Gasteiger partial charge in [-0.1, -0.05) is 17.7 Å². The van der Waals surface area contributed by atoms with E-state index in [4.69, 9.17) is 16.6 Å². The number of pyridine rings is 1. The lowest BCUT2D eigenvalue weighted by Crippen LogP contribution is -2.22. The molecule has 0 radical (unpaired) electrons. The molecule has 0 unspecified atom stereocenters. The topological polar surface area (TPSA) is 123 Å². The Morgan fingerprint density at radius 2 is 1.91 bits per heavy atom. The van der Waals surface area contributed by atoms with E-state index in [1.165, 1.54) is 17.0 Å². The number of anilines is 1. The highest BCUT2D eigenvalue weighted by atomic mass is 35.5. The van der Waals surface area contributed by atoms with E-state index in [1.807, 2.05) is 19.9 Å². The molecule has 0 bridgehead atoms. The quantitative estimate of drug-likeness (QED) is 0.442. The maximum Gasteiger partial charge on any atom is 0.356 e. The fourth-order valence-corrected chi connectivity index (χ4v) is 3.73. The molecule has 10 heteroatoms. The molecule has 0 spiro atoms. The van der Waals surface area contributed by atoms with Gasteiger partial charge in [-0.25, -0.2) is 24.7 Å². The smallest absolute Gasteiger partial charge is 0.356 e. The third-order valence-corrected chi connectivity index (χ3v) is 5.29. The molecular formula is C22H19ClN6O3. The highest BCUT2D eigenvalue weighted by molar-refractivity contribution is 6.29. The fourth-order valence-electron chi connectivity index (χ4n) is 3.58. The number of rotatable bonds is 5. The van der Waals surface area contributed by atoms with E-state index < -0.39 is 12.0 Å². The second-order valence-corrected chi connectivity index (χ2v) is 7.77. The van der Waals surface area contributed by atoms with Crippen LogP contribution >= 0.6 is 11.6 Å². The van der Waals surface area contributed by atoms with Crippen LogP contribution in [0.1, 0.15) is 34.6 Å². The Bertz CT molecular complexity index is 1400. The summed E-state index contributed by atoms with van der Waals surface area (Å²) < 4.78 is 1.47. The summed E-state index contributed by atoms with van der Waals surface area (Å²) >= 11 is 5.86. The first kappa shape index (κ1) is 21.4. The summed E-state index contributed by atoms with van der Waals surface area (Å²) in [5, 5.41) is 13.2. The van der Waals surface area contributed by atoms with Crippen molar-refractivity contribution in [2.24, 2.45) is 7.05 Å². The lowest BCUT2D eigenvalue weighted by atomic mass is 10.0. The van der Waals surface area contributed by atoms with Crippen LogP contribution < -0.4 is 10.9 Å². The molecule has 2 N–H and O–H groups in total. The molecule has 0 aliphatic rings. The third-order valence-electron chi connectivity index (χ3n) is 5.08. The molecule has 0 amide bonds. The van der Waals surface area contributed by atoms with Gasteiger partial charge in [0.2, 0.25) is 0 Å². The fraction of sp³-hybridized carbons (Fsp3) is 0.182. The van der Waals surface area contributed by atoms with Crippen molar-refractivity contribution in [3.8, 4) is 11.4 Å². The van der Waals surface area contributed by atoms with Gasteiger partial charge in [-0.05, 0) is 37.6 Å². The summed E-state index contributed by atoms with van der Waals surface area (Å²) in [7, 11) is 1.65. The van der Waals surface area contributed by atoms with Gasteiger partial charge >= 0.3 is 5.97 Å². The van der Waals surface area contributed by atoms with Gasteiger partial charge in [0.1, 0.15) is 17.3 Å². The molecule has 1 atom stereocenters. The monoisotopic (exact) mass is 450 g/mol. The Balaban J connectivity index is 1.88. The molecule has 0 aliphatic heterocycles. The van der Waals surface area contributed by atoms with E-state index >= 15 is 0 Å². The third kappa shape index (κ3) is 3.90. The van der Waals surface area contributed by atoms with Gasteiger partial charge in [0.05, 0.1) is 28.2 Å². The molecule has 4 rings (SSSR count). The molecular weight excluding hydrogens is 432 g/mol. The zero-order valence-electron chi connectivity index (χ0n) is 17.5. The van der Waals surface area contributed by atoms with E-state index in [1.54, 1.807) is 31.6 Å². The zero-order valence-corrected chi connectivity index (χ0v) is 18.3. The van der Waals surface area contributed by atoms with E-state index in [2.05, 4.69) is 20.3 Å². The zero-order chi connectivity index (χ0) is 23.0. The van der Waals surface area contributed by atoms with Crippen LogP contribution in [0.4, 0.5) is 5.69 Å². The first-order chi connectivity index (χ1) is 15.3. The van der Waals surface area contributed by atoms with Gasteiger partial charge in [0, 0.05) is 25.0 Å². The number of halogens is 1. The number of fused-ring (bicyclic) bond motifs is 1. The molecule has 1 aromatic carbocycles. The average molecular weight is 451 g/mol. The van der Waals surface area contributed by atoms with Crippen molar-refractivity contribution in [3.63, 3.8) is 0 Å². The predicted octanol–water partition coefficient (Wildman–Crippen LogP) is 3.62.